The second-order valence-electron chi connectivity index (χ2n) is 4.66. The third-order valence-electron chi connectivity index (χ3n) is 3.17. The van der Waals surface area contributed by atoms with Gasteiger partial charge in [-0.2, -0.15) is 0 Å². The number of halogens is 1. The lowest BCUT2D eigenvalue weighted by Crippen LogP contribution is -2.01. The standard InChI is InChI=1S/C16H15FN2OS/c17-12-5-2-1-4-11(12)10-15-19-16(13-6-3-9-20-13)14(21-15)7-8-18/h1-6,9H,7-8,10,18H2. The van der Waals surface area contributed by atoms with E-state index in [1.807, 2.05) is 18.2 Å². The van der Waals surface area contributed by atoms with Gasteiger partial charge in [0.15, 0.2) is 5.76 Å². The molecule has 0 aliphatic carbocycles. The van der Waals surface area contributed by atoms with Crippen LogP contribution in [0.15, 0.2) is 47.1 Å². The summed E-state index contributed by atoms with van der Waals surface area (Å²) in [5.41, 5.74) is 7.13. The fourth-order valence-electron chi connectivity index (χ4n) is 2.19. The van der Waals surface area contributed by atoms with E-state index in [1.54, 1.807) is 29.7 Å². The van der Waals surface area contributed by atoms with Crippen LogP contribution in [0.4, 0.5) is 4.39 Å². The molecule has 2 aromatic heterocycles. The highest BCUT2D eigenvalue weighted by atomic mass is 32.1. The molecule has 0 radical (unpaired) electrons. The van der Waals surface area contributed by atoms with E-state index in [2.05, 4.69) is 4.98 Å². The smallest absolute Gasteiger partial charge is 0.153 e. The van der Waals surface area contributed by atoms with E-state index >= 15 is 0 Å². The fourth-order valence-corrected chi connectivity index (χ4v) is 3.30. The summed E-state index contributed by atoms with van der Waals surface area (Å²) in [6.45, 7) is 0.551. The number of furan rings is 1. The Hall–Kier alpha value is -1.98. The summed E-state index contributed by atoms with van der Waals surface area (Å²) < 4.78 is 19.2. The molecule has 0 saturated carbocycles. The lowest BCUT2D eigenvalue weighted by atomic mass is 10.1. The zero-order valence-corrected chi connectivity index (χ0v) is 12.2. The molecule has 0 fully saturated rings. The number of nitrogens with two attached hydrogens (primary N) is 1. The maximum Gasteiger partial charge on any atom is 0.153 e. The van der Waals surface area contributed by atoms with E-state index in [-0.39, 0.29) is 5.82 Å². The Morgan fingerprint density at radius 1 is 1.19 bits per heavy atom. The summed E-state index contributed by atoms with van der Waals surface area (Å²) in [6, 6.07) is 10.5. The normalized spacial score (nSPS) is 11.0. The van der Waals surface area contributed by atoms with Crippen molar-refractivity contribution in [3.63, 3.8) is 0 Å². The Morgan fingerprint density at radius 3 is 2.76 bits per heavy atom. The lowest BCUT2D eigenvalue weighted by molar-refractivity contribution is 0.579. The average Bonchev–Trinajstić information content (AvgIpc) is 3.11. The molecule has 2 heterocycles. The summed E-state index contributed by atoms with van der Waals surface area (Å²) in [4.78, 5) is 5.69. The van der Waals surface area contributed by atoms with Gasteiger partial charge in [0.1, 0.15) is 11.5 Å². The highest BCUT2D eigenvalue weighted by Crippen LogP contribution is 2.30. The molecule has 3 nitrogen and oxygen atoms in total. The average molecular weight is 302 g/mol. The van der Waals surface area contributed by atoms with Gasteiger partial charge in [0, 0.05) is 11.3 Å². The maximum atomic E-state index is 13.7. The Morgan fingerprint density at radius 2 is 2.05 bits per heavy atom. The van der Waals surface area contributed by atoms with Crippen LogP contribution in [0.2, 0.25) is 0 Å². The van der Waals surface area contributed by atoms with Gasteiger partial charge in [-0.15, -0.1) is 11.3 Å². The first-order valence-electron chi connectivity index (χ1n) is 6.74. The third kappa shape index (κ3) is 3.04. The Labute approximate surface area is 126 Å². The Balaban J connectivity index is 1.93. The number of hydrogen-bond acceptors (Lipinski definition) is 4. The van der Waals surface area contributed by atoms with Crippen molar-refractivity contribution in [1.29, 1.82) is 0 Å². The number of benzene rings is 1. The highest BCUT2D eigenvalue weighted by Gasteiger charge is 2.15. The summed E-state index contributed by atoms with van der Waals surface area (Å²) in [5.74, 6) is 0.530. The largest absolute Gasteiger partial charge is 0.463 e. The van der Waals surface area contributed by atoms with Gasteiger partial charge in [0.05, 0.1) is 11.3 Å². The van der Waals surface area contributed by atoms with Crippen molar-refractivity contribution < 1.29 is 8.81 Å². The van der Waals surface area contributed by atoms with Crippen LogP contribution < -0.4 is 5.73 Å². The van der Waals surface area contributed by atoms with Gasteiger partial charge in [-0.3, -0.25) is 0 Å². The number of nitrogens with zero attached hydrogens (tertiary/aromatic N) is 1. The molecule has 0 spiro atoms. The van der Waals surface area contributed by atoms with Gasteiger partial charge in [-0.1, -0.05) is 18.2 Å². The number of rotatable bonds is 5. The van der Waals surface area contributed by atoms with Crippen LogP contribution >= 0.6 is 11.3 Å². The molecule has 108 valence electrons. The van der Waals surface area contributed by atoms with Crippen LogP contribution in [0.3, 0.4) is 0 Å². The van der Waals surface area contributed by atoms with E-state index in [0.29, 0.717) is 18.5 Å². The van der Waals surface area contributed by atoms with E-state index in [9.17, 15) is 4.39 Å². The molecule has 3 aromatic rings. The van der Waals surface area contributed by atoms with Gasteiger partial charge in [-0.25, -0.2) is 9.37 Å². The number of thiazole rings is 1. The minimum Gasteiger partial charge on any atom is -0.463 e. The van der Waals surface area contributed by atoms with Crippen LogP contribution in [0.25, 0.3) is 11.5 Å². The van der Waals surface area contributed by atoms with Crippen molar-refractivity contribution >= 4 is 11.3 Å². The van der Waals surface area contributed by atoms with Crippen LogP contribution in [-0.4, -0.2) is 11.5 Å². The molecule has 0 saturated heterocycles. The third-order valence-corrected chi connectivity index (χ3v) is 4.28. The van der Waals surface area contributed by atoms with E-state index in [1.165, 1.54) is 6.07 Å². The topological polar surface area (TPSA) is 52.0 Å². The van der Waals surface area contributed by atoms with Gasteiger partial charge >= 0.3 is 0 Å². The molecule has 0 aliphatic rings. The minimum absolute atomic E-state index is 0.201. The van der Waals surface area contributed by atoms with Crippen molar-refractivity contribution in [2.24, 2.45) is 5.73 Å². The summed E-state index contributed by atoms with van der Waals surface area (Å²) in [7, 11) is 0. The van der Waals surface area contributed by atoms with E-state index in [0.717, 1.165) is 27.8 Å². The van der Waals surface area contributed by atoms with Crippen LogP contribution in [0, 0.1) is 5.82 Å². The van der Waals surface area contributed by atoms with Crippen molar-refractivity contribution in [3.8, 4) is 11.5 Å². The predicted molar refractivity (Wildman–Crippen MR) is 81.8 cm³/mol. The maximum absolute atomic E-state index is 13.7. The molecule has 0 unspecified atom stereocenters. The van der Waals surface area contributed by atoms with Crippen LogP contribution in [0.5, 0.6) is 0 Å². The second kappa shape index (κ2) is 6.20. The minimum atomic E-state index is -0.201. The predicted octanol–water partition coefficient (Wildman–Crippen LogP) is 3.63. The molecule has 0 aliphatic heterocycles. The molecule has 2 N–H and O–H groups in total. The monoisotopic (exact) mass is 302 g/mol. The second-order valence-corrected chi connectivity index (χ2v) is 5.83. The summed E-state index contributed by atoms with van der Waals surface area (Å²) in [6.07, 6.45) is 2.85. The molecule has 0 amide bonds. The Bertz CT molecular complexity index is 722. The molecule has 3 rings (SSSR count). The zero-order chi connectivity index (χ0) is 14.7. The molecule has 1 aromatic carbocycles. The summed E-state index contributed by atoms with van der Waals surface area (Å²) >= 11 is 1.57. The number of aromatic nitrogens is 1. The van der Waals surface area contributed by atoms with Crippen molar-refractivity contribution in [2.45, 2.75) is 12.8 Å². The van der Waals surface area contributed by atoms with E-state index in [4.69, 9.17) is 10.2 Å². The molecule has 0 atom stereocenters. The highest BCUT2D eigenvalue weighted by molar-refractivity contribution is 7.12. The lowest BCUT2D eigenvalue weighted by Gasteiger charge is -1.99. The zero-order valence-electron chi connectivity index (χ0n) is 11.4. The molecular weight excluding hydrogens is 287 g/mol. The van der Waals surface area contributed by atoms with Crippen LogP contribution in [0.1, 0.15) is 15.4 Å². The molecule has 5 heteroatoms. The molecule has 0 bridgehead atoms. The fraction of sp³-hybridized carbons (Fsp3) is 0.188. The quantitative estimate of drug-likeness (QED) is 0.783. The van der Waals surface area contributed by atoms with Crippen molar-refractivity contribution in [2.75, 3.05) is 6.54 Å². The first-order chi connectivity index (χ1) is 10.3. The van der Waals surface area contributed by atoms with Crippen LogP contribution in [-0.2, 0) is 12.8 Å². The van der Waals surface area contributed by atoms with Gasteiger partial charge in [0.25, 0.3) is 0 Å². The molecular formula is C16H15FN2OS. The van der Waals surface area contributed by atoms with Crippen molar-refractivity contribution in [3.05, 3.63) is 63.9 Å². The molecule has 21 heavy (non-hydrogen) atoms. The van der Waals surface area contributed by atoms with Gasteiger partial charge in [0.2, 0.25) is 0 Å². The van der Waals surface area contributed by atoms with E-state index < -0.39 is 0 Å². The SMILES string of the molecule is NCCc1sc(Cc2ccccc2F)nc1-c1ccco1. The Kier molecular flexibility index (Phi) is 4.13. The van der Waals surface area contributed by atoms with Gasteiger partial charge < -0.3 is 10.2 Å². The first-order valence-corrected chi connectivity index (χ1v) is 7.55. The van der Waals surface area contributed by atoms with Crippen molar-refractivity contribution in [1.82, 2.24) is 4.98 Å². The number of hydrogen-bond donors (Lipinski definition) is 1. The summed E-state index contributed by atoms with van der Waals surface area (Å²) in [5, 5.41) is 0.870. The first kappa shape index (κ1) is 14.0. The van der Waals surface area contributed by atoms with Gasteiger partial charge in [-0.05, 0) is 36.7 Å².